The average Bonchev–Trinajstić information content (AvgIpc) is 2.37. The molecule has 1 aromatic rings. The SMILES string of the molecule is CC(C)CC1c2ccc(C#N)cc2CCN1C(=O)O. The van der Waals surface area contributed by atoms with Crippen LogP contribution in [0.2, 0.25) is 0 Å². The number of fused-ring (bicyclic) bond motifs is 1. The number of nitriles is 1. The summed E-state index contributed by atoms with van der Waals surface area (Å²) in [6, 6.07) is 7.63. The molecular weight excluding hydrogens is 240 g/mol. The number of nitrogens with zero attached hydrogens (tertiary/aromatic N) is 2. The van der Waals surface area contributed by atoms with Crippen molar-refractivity contribution in [3.8, 4) is 6.07 Å². The van der Waals surface area contributed by atoms with Gasteiger partial charge in [-0.3, -0.25) is 0 Å². The van der Waals surface area contributed by atoms with Gasteiger partial charge in [-0.05, 0) is 42.0 Å². The molecule has 0 bridgehead atoms. The second-order valence-electron chi connectivity index (χ2n) is 5.40. The maximum atomic E-state index is 11.4. The molecule has 1 aliphatic rings. The molecule has 1 atom stereocenters. The molecule has 0 saturated heterocycles. The highest BCUT2D eigenvalue weighted by Crippen LogP contribution is 2.34. The van der Waals surface area contributed by atoms with Gasteiger partial charge in [-0.25, -0.2) is 4.79 Å². The van der Waals surface area contributed by atoms with Gasteiger partial charge in [0.2, 0.25) is 0 Å². The van der Waals surface area contributed by atoms with Crippen molar-refractivity contribution in [2.45, 2.75) is 32.7 Å². The molecule has 1 heterocycles. The molecule has 1 unspecified atom stereocenters. The van der Waals surface area contributed by atoms with Gasteiger partial charge in [0.15, 0.2) is 0 Å². The van der Waals surface area contributed by atoms with Crippen LogP contribution in [0.15, 0.2) is 18.2 Å². The Morgan fingerprint density at radius 2 is 2.32 bits per heavy atom. The minimum absolute atomic E-state index is 0.0889. The monoisotopic (exact) mass is 258 g/mol. The minimum atomic E-state index is -0.861. The van der Waals surface area contributed by atoms with Crippen LogP contribution in [0, 0.1) is 17.2 Å². The topological polar surface area (TPSA) is 64.3 Å². The first-order valence-corrected chi connectivity index (χ1v) is 6.55. The van der Waals surface area contributed by atoms with Crippen molar-refractivity contribution in [3.05, 3.63) is 34.9 Å². The zero-order valence-electron chi connectivity index (χ0n) is 11.3. The van der Waals surface area contributed by atoms with Gasteiger partial charge in [0.25, 0.3) is 0 Å². The summed E-state index contributed by atoms with van der Waals surface area (Å²) in [5, 5.41) is 18.3. The molecule has 2 rings (SSSR count). The predicted molar refractivity (Wildman–Crippen MR) is 71.8 cm³/mol. The summed E-state index contributed by atoms with van der Waals surface area (Å²) in [5.41, 5.74) is 2.81. The van der Waals surface area contributed by atoms with Crippen molar-refractivity contribution >= 4 is 6.09 Å². The standard InChI is InChI=1S/C15H18N2O2/c1-10(2)7-14-13-4-3-11(9-16)8-12(13)5-6-17(14)15(18)19/h3-4,8,10,14H,5-7H2,1-2H3,(H,18,19). The number of rotatable bonds is 2. The molecule has 4 nitrogen and oxygen atoms in total. The third-order valence-corrected chi connectivity index (χ3v) is 3.57. The highest BCUT2D eigenvalue weighted by molar-refractivity contribution is 5.66. The van der Waals surface area contributed by atoms with Crippen molar-refractivity contribution in [1.82, 2.24) is 4.90 Å². The van der Waals surface area contributed by atoms with Gasteiger partial charge in [0, 0.05) is 6.54 Å². The molecule has 19 heavy (non-hydrogen) atoms. The van der Waals surface area contributed by atoms with Crippen LogP contribution < -0.4 is 0 Å². The van der Waals surface area contributed by atoms with Crippen LogP contribution >= 0.6 is 0 Å². The normalized spacial score (nSPS) is 18.0. The second kappa shape index (κ2) is 5.31. The lowest BCUT2D eigenvalue weighted by atomic mass is 9.87. The van der Waals surface area contributed by atoms with E-state index in [1.807, 2.05) is 12.1 Å². The molecule has 0 aromatic heterocycles. The molecule has 0 saturated carbocycles. The largest absolute Gasteiger partial charge is 0.465 e. The van der Waals surface area contributed by atoms with Crippen LogP contribution in [0.1, 0.15) is 43.0 Å². The van der Waals surface area contributed by atoms with Crippen molar-refractivity contribution in [2.75, 3.05) is 6.54 Å². The lowest BCUT2D eigenvalue weighted by Crippen LogP contribution is -2.39. The molecule has 1 N–H and O–H groups in total. The van der Waals surface area contributed by atoms with Crippen LogP contribution in [-0.4, -0.2) is 22.6 Å². The third-order valence-electron chi connectivity index (χ3n) is 3.57. The summed E-state index contributed by atoms with van der Waals surface area (Å²) >= 11 is 0. The Hall–Kier alpha value is -2.02. The summed E-state index contributed by atoms with van der Waals surface area (Å²) in [6.45, 7) is 4.70. The van der Waals surface area contributed by atoms with Crippen LogP contribution in [0.3, 0.4) is 0 Å². The number of carbonyl (C=O) groups is 1. The predicted octanol–water partition coefficient (Wildman–Crippen LogP) is 3.18. The number of carboxylic acid groups (broad SMARTS) is 1. The molecule has 0 radical (unpaired) electrons. The fourth-order valence-electron chi connectivity index (χ4n) is 2.71. The Morgan fingerprint density at radius 1 is 1.58 bits per heavy atom. The first kappa shape index (κ1) is 13.4. The molecule has 0 spiro atoms. The van der Waals surface area contributed by atoms with E-state index in [1.165, 1.54) is 4.90 Å². The van der Waals surface area contributed by atoms with Gasteiger partial charge < -0.3 is 10.0 Å². The van der Waals surface area contributed by atoms with Crippen molar-refractivity contribution < 1.29 is 9.90 Å². The third kappa shape index (κ3) is 2.70. The van der Waals surface area contributed by atoms with Crippen molar-refractivity contribution in [2.24, 2.45) is 5.92 Å². The summed E-state index contributed by atoms with van der Waals surface area (Å²) in [5.74, 6) is 0.424. The van der Waals surface area contributed by atoms with Gasteiger partial charge in [-0.2, -0.15) is 5.26 Å². The lowest BCUT2D eigenvalue weighted by Gasteiger charge is -2.36. The van der Waals surface area contributed by atoms with E-state index >= 15 is 0 Å². The Bertz CT molecular complexity index is 531. The van der Waals surface area contributed by atoms with E-state index in [9.17, 15) is 9.90 Å². The zero-order valence-corrected chi connectivity index (χ0v) is 11.3. The Balaban J connectivity index is 2.41. The van der Waals surface area contributed by atoms with E-state index < -0.39 is 6.09 Å². The summed E-state index contributed by atoms with van der Waals surface area (Å²) < 4.78 is 0. The number of benzene rings is 1. The highest BCUT2D eigenvalue weighted by Gasteiger charge is 2.31. The summed E-state index contributed by atoms with van der Waals surface area (Å²) in [4.78, 5) is 12.9. The molecule has 0 aliphatic carbocycles. The highest BCUT2D eigenvalue weighted by atomic mass is 16.4. The Morgan fingerprint density at radius 3 is 2.89 bits per heavy atom. The van der Waals surface area contributed by atoms with Gasteiger partial charge in [0.1, 0.15) is 0 Å². The molecule has 1 aliphatic heterocycles. The second-order valence-corrected chi connectivity index (χ2v) is 5.40. The van der Waals surface area contributed by atoms with E-state index in [1.54, 1.807) is 6.07 Å². The minimum Gasteiger partial charge on any atom is -0.465 e. The van der Waals surface area contributed by atoms with Gasteiger partial charge >= 0.3 is 6.09 Å². The van der Waals surface area contributed by atoms with Gasteiger partial charge in [-0.1, -0.05) is 19.9 Å². The lowest BCUT2D eigenvalue weighted by molar-refractivity contribution is 0.113. The van der Waals surface area contributed by atoms with Gasteiger partial charge in [-0.15, -0.1) is 0 Å². The van der Waals surface area contributed by atoms with Crippen LogP contribution in [-0.2, 0) is 6.42 Å². The first-order valence-electron chi connectivity index (χ1n) is 6.55. The molecule has 100 valence electrons. The molecule has 1 aromatic carbocycles. The fourth-order valence-corrected chi connectivity index (χ4v) is 2.71. The van der Waals surface area contributed by atoms with Crippen LogP contribution in [0.4, 0.5) is 4.79 Å². The quantitative estimate of drug-likeness (QED) is 0.886. The molecule has 4 heteroatoms. The Kier molecular flexibility index (Phi) is 3.75. The molecule has 1 amide bonds. The number of hydrogen-bond donors (Lipinski definition) is 1. The fraction of sp³-hybridized carbons (Fsp3) is 0.467. The summed E-state index contributed by atoms with van der Waals surface area (Å²) in [6.07, 6.45) is 0.636. The average molecular weight is 258 g/mol. The van der Waals surface area contributed by atoms with E-state index in [-0.39, 0.29) is 6.04 Å². The maximum absolute atomic E-state index is 11.4. The molecule has 0 fully saturated rings. The molecular formula is C15H18N2O2. The first-order chi connectivity index (χ1) is 9.02. The van der Waals surface area contributed by atoms with Crippen molar-refractivity contribution in [1.29, 1.82) is 5.26 Å². The number of hydrogen-bond acceptors (Lipinski definition) is 2. The number of amides is 1. The zero-order chi connectivity index (χ0) is 14.0. The van der Waals surface area contributed by atoms with Crippen LogP contribution in [0.25, 0.3) is 0 Å². The van der Waals surface area contributed by atoms with E-state index in [0.29, 0.717) is 24.4 Å². The van der Waals surface area contributed by atoms with Crippen molar-refractivity contribution in [3.63, 3.8) is 0 Å². The summed E-state index contributed by atoms with van der Waals surface area (Å²) in [7, 11) is 0. The van der Waals surface area contributed by atoms with Crippen LogP contribution in [0.5, 0.6) is 0 Å². The Labute approximate surface area is 113 Å². The van der Waals surface area contributed by atoms with E-state index in [4.69, 9.17) is 5.26 Å². The van der Waals surface area contributed by atoms with Gasteiger partial charge in [0.05, 0.1) is 17.7 Å². The van der Waals surface area contributed by atoms with E-state index in [0.717, 1.165) is 17.5 Å². The smallest absolute Gasteiger partial charge is 0.407 e. The van der Waals surface area contributed by atoms with E-state index in [2.05, 4.69) is 19.9 Å². The maximum Gasteiger partial charge on any atom is 0.407 e.